The average Bonchev–Trinajstić information content (AvgIpc) is 2.74. The van der Waals surface area contributed by atoms with Gasteiger partial charge in [0.15, 0.2) is 5.82 Å². The Kier molecular flexibility index (Phi) is 5.23. The molecule has 0 aliphatic carbocycles. The van der Waals surface area contributed by atoms with Crippen LogP contribution in [-0.2, 0) is 4.79 Å². The van der Waals surface area contributed by atoms with Crippen molar-refractivity contribution in [1.29, 1.82) is 0 Å². The zero-order valence-corrected chi connectivity index (χ0v) is 15.9. The number of carbonyl (C=O) groups excluding carboxylic acids is 1. The molecule has 1 aromatic carbocycles. The van der Waals surface area contributed by atoms with Gasteiger partial charge in [-0.3, -0.25) is 4.79 Å². The van der Waals surface area contributed by atoms with Crippen molar-refractivity contribution in [3.05, 3.63) is 36.4 Å². The fraction of sp³-hybridized carbons (Fsp3) is 0.476. The number of amides is 1. The number of hydrogen-bond donors (Lipinski definition) is 0. The molecule has 142 valence electrons. The molecule has 1 aromatic heterocycles. The van der Waals surface area contributed by atoms with Crippen molar-refractivity contribution in [2.45, 2.75) is 19.8 Å². The number of piperidine rings is 1. The quantitative estimate of drug-likeness (QED) is 0.780. The summed E-state index contributed by atoms with van der Waals surface area (Å²) in [6, 6.07) is 12.3. The first-order valence-electron chi connectivity index (χ1n) is 9.86. The van der Waals surface area contributed by atoms with Crippen molar-refractivity contribution in [1.82, 2.24) is 14.9 Å². The van der Waals surface area contributed by atoms with E-state index in [4.69, 9.17) is 9.97 Å². The van der Waals surface area contributed by atoms with E-state index in [2.05, 4.69) is 34.9 Å². The molecule has 1 amide bonds. The van der Waals surface area contributed by atoms with E-state index in [0.29, 0.717) is 0 Å². The molecule has 0 radical (unpaired) electrons. The van der Waals surface area contributed by atoms with E-state index in [-0.39, 0.29) is 0 Å². The van der Waals surface area contributed by atoms with Gasteiger partial charge in [-0.1, -0.05) is 37.3 Å². The van der Waals surface area contributed by atoms with Gasteiger partial charge >= 0.3 is 0 Å². The summed E-state index contributed by atoms with van der Waals surface area (Å²) in [7, 11) is 0. The lowest BCUT2D eigenvalue weighted by Crippen LogP contribution is -2.46. The number of piperazine rings is 1. The number of carbonyl (C=O) groups is 1. The molecular formula is C21H27N5O. The predicted molar refractivity (Wildman–Crippen MR) is 108 cm³/mol. The third kappa shape index (κ3) is 4.04. The third-order valence-electron chi connectivity index (χ3n) is 5.63. The van der Waals surface area contributed by atoms with Crippen LogP contribution >= 0.6 is 0 Å². The summed E-state index contributed by atoms with van der Waals surface area (Å²) in [6.07, 6.45) is 3.35. The van der Waals surface area contributed by atoms with E-state index in [0.717, 1.165) is 74.6 Å². The molecule has 2 saturated heterocycles. The lowest BCUT2D eigenvalue weighted by atomic mass is 9.99. The van der Waals surface area contributed by atoms with Gasteiger partial charge in [-0.25, -0.2) is 9.97 Å². The van der Waals surface area contributed by atoms with E-state index in [9.17, 15) is 4.79 Å². The maximum atomic E-state index is 11.0. The lowest BCUT2D eigenvalue weighted by molar-refractivity contribution is -0.118. The van der Waals surface area contributed by atoms with E-state index in [1.54, 1.807) is 0 Å². The first-order valence-corrected chi connectivity index (χ1v) is 9.86. The summed E-state index contributed by atoms with van der Waals surface area (Å²) in [5.41, 5.74) is 1.04. The first kappa shape index (κ1) is 17.8. The molecule has 0 N–H and O–H groups in total. The lowest BCUT2D eigenvalue weighted by Gasteiger charge is -2.35. The summed E-state index contributed by atoms with van der Waals surface area (Å²) in [6.45, 7) is 7.51. The highest BCUT2D eigenvalue weighted by Crippen LogP contribution is 2.28. The number of hydrogen-bond acceptors (Lipinski definition) is 5. The Morgan fingerprint density at radius 1 is 0.889 bits per heavy atom. The Labute approximate surface area is 160 Å². The normalized spacial score (nSPS) is 18.6. The number of benzene rings is 1. The fourth-order valence-electron chi connectivity index (χ4n) is 3.76. The van der Waals surface area contributed by atoms with Crippen LogP contribution in [0, 0.1) is 5.92 Å². The van der Waals surface area contributed by atoms with Crippen LogP contribution in [-0.4, -0.2) is 60.5 Å². The van der Waals surface area contributed by atoms with Crippen LogP contribution in [0.2, 0.25) is 0 Å². The minimum absolute atomic E-state index is 0.741. The SMILES string of the molecule is CC1CCN(c2cc(N3CCN(C=O)CC3)nc(-c3ccccc3)n2)CC1. The number of aromatic nitrogens is 2. The summed E-state index contributed by atoms with van der Waals surface area (Å²) in [5, 5.41) is 0. The van der Waals surface area contributed by atoms with Gasteiger partial charge in [0.25, 0.3) is 0 Å². The highest BCUT2D eigenvalue weighted by atomic mass is 16.1. The smallest absolute Gasteiger partial charge is 0.209 e. The van der Waals surface area contributed by atoms with Gasteiger partial charge in [0.2, 0.25) is 6.41 Å². The second-order valence-corrected chi connectivity index (χ2v) is 7.57. The molecule has 6 heteroatoms. The van der Waals surface area contributed by atoms with Crippen LogP contribution in [0.5, 0.6) is 0 Å². The van der Waals surface area contributed by atoms with Gasteiger partial charge in [0.05, 0.1) is 0 Å². The topological polar surface area (TPSA) is 52.6 Å². The Hall–Kier alpha value is -2.63. The Morgan fingerprint density at radius 3 is 2.07 bits per heavy atom. The van der Waals surface area contributed by atoms with Crippen LogP contribution in [0.15, 0.2) is 36.4 Å². The molecule has 4 rings (SSSR count). The Bertz CT molecular complexity index is 765. The van der Waals surface area contributed by atoms with Crippen molar-refractivity contribution >= 4 is 18.0 Å². The van der Waals surface area contributed by atoms with Crippen LogP contribution in [0.4, 0.5) is 11.6 Å². The van der Waals surface area contributed by atoms with Crippen LogP contribution in [0.3, 0.4) is 0 Å². The minimum atomic E-state index is 0.741. The molecule has 0 atom stereocenters. The van der Waals surface area contributed by atoms with Gasteiger partial charge in [0.1, 0.15) is 11.6 Å². The predicted octanol–water partition coefficient (Wildman–Crippen LogP) is 2.66. The number of anilines is 2. The van der Waals surface area contributed by atoms with Crippen molar-refractivity contribution < 1.29 is 4.79 Å². The van der Waals surface area contributed by atoms with E-state index < -0.39 is 0 Å². The molecule has 27 heavy (non-hydrogen) atoms. The van der Waals surface area contributed by atoms with Crippen molar-refractivity contribution in [2.75, 3.05) is 49.1 Å². The molecule has 0 spiro atoms. The van der Waals surface area contributed by atoms with Crippen LogP contribution in [0.25, 0.3) is 11.4 Å². The second-order valence-electron chi connectivity index (χ2n) is 7.57. The summed E-state index contributed by atoms with van der Waals surface area (Å²) in [4.78, 5) is 27.3. The van der Waals surface area contributed by atoms with Crippen molar-refractivity contribution in [2.24, 2.45) is 5.92 Å². The number of rotatable bonds is 4. The van der Waals surface area contributed by atoms with E-state index in [1.165, 1.54) is 12.8 Å². The van der Waals surface area contributed by atoms with Gasteiger partial charge in [0, 0.05) is 50.9 Å². The van der Waals surface area contributed by atoms with Gasteiger partial charge in [-0.2, -0.15) is 0 Å². The third-order valence-corrected chi connectivity index (χ3v) is 5.63. The molecular weight excluding hydrogens is 338 g/mol. The highest BCUT2D eigenvalue weighted by molar-refractivity contribution is 5.62. The molecule has 0 unspecified atom stereocenters. The summed E-state index contributed by atoms with van der Waals surface area (Å²) in [5.74, 6) is 3.54. The maximum absolute atomic E-state index is 11.0. The monoisotopic (exact) mass is 365 g/mol. The molecule has 2 aliphatic heterocycles. The fourth-order valence-corrected chi connectivity index (χ4v) is 3.76. The molecule has 2 fully saturated rings. The largest absolute Gasteiger partial charge is 0.356 e. The molecule has 3 heterocycles. The first-order chi connectivity index (χ1) is 13.2. The van der Waals surface area contributed by atoms with Gasteiger partial charge in [-0.05, 0) is 18.8 Å². The van der Waals surface area contributed by atoms with Crippen LogP contribution in [0.1, 0.15) is 19.8 Å². The highest BCUT2D eigenvalue weighted by Gasteiger charge is 2.22. The van der Waals surface area contributed by atoms with E-state index in [1.807, 2.05) is 23.1 Å². The van der Waals surface area contributed by atoms with Gasteiger partial charge < -0.3 is 14.7 Å². The molecule has 2 aromatic rings. The molecule has 2 aliphatic rings. The maximum Gasteiger partial charge on any atom is 0.209 e. The minimum Gasteiger partial charge on any atom is -0.356 e. The summed E-state index contributed by atoms with van der Waals surface area (Å²) < 4.78 is 0. The standard InChI is InChI=1S/C21H27N5O/c1-17-7-9-25(10-8-17)19-15-20(26-13-11-24(16-27)12-14-26)23-21(22-19)18-5-3-2-4-6-18/h2-6,15-17H,7-14H2,1H3. The van der Waals surface area contributed by atoms with Gasteiger partial charge in [-0.15, -0.1) is 0 Å². The summed E-state index contributed by atoms with van der Waals surface area (Å²) >= 11 is 0. The Morgan fingerprint density at radius 2 is 1.48 bits per heavy atom. The van der Waals surface area contributed by atoms with Crippen molar-refractivity contribution in [3.63, 3.8) is 0 Å². The van der Waals surface area contributed by atoms with Crippen molar-refractivity contribution in [3.8, 4) is 11.4 Å². The van der Waals surface area contributed by atoms with E-state index >= 15 is 0 Å². The zero-order chi connectivity index (χ0) is 18.6. The second kappa shape index (κ2) is 7.94. The molecule has 0 bridgehead atoms. The zero-order valence-electron chi connectivity index (χ0n) is 15.9. The Balaban J connectivity index is 1.65. The molecule has 6 nitrogen and oxygen atoms in total. The average molecular weight is 365 g/mol. The number of nitrogens with zero attached hydrogens (tertiary/aromatic N) is 5. The molecule has 0 saturated carbocycles. The van der Waals surface area contributed by atoms with Crippen LogP contribution < -0.4 is 9.80 Å².